The second-order valence-electron chi connectivity index (χ2n) is 11.0. The Morgan fingerprint density at radius 3 is 2.14 bits per heavy atom. The fourth-order valence-corrected chi connectivity index (χ4v) is 5.64. The van der Waals surface area contributed by atoms with E-state index in [1.165, 1.54) is 0 Å². The molecule has 8 nitrogen and oxygen atoms in total. The minimum Gasteiger partial charge on any atom is -0.481 e. The van der Waals surface area contributed by atoms with Crippen molar-refractivity contribution in [1.82, 2.24) is 0 Å². The minimum absolute atomic E-state index is 0.117. The van der Waals surface area contributed by atoms with E-state index in [4.69, 9.17) is 5.11 Å². The molecule has 1 aliphatic carbocycles. The highest BCUT2D eigenvalue weighted by Gasteiger charge is 2.36. The second kappa shape index (κ2) is 15.8. The monoisotopic (exact) mass is 507 g/mol. The average molecular weight is 508 g/mol. The van der Waals surface area contributed by atoms with Crippen LogP contribution < -0.4 is 0 Å². The summed E-state index contributed by atoms with van der Waals surface area (Å²) in [6.45, 7) is 7.92. The van der Waals surface area contributed by atoms with E-state index in [1.54, 1.807) is 18.2 Å². The van der Waals surface area contributed by atoms with E-state index < -0.39 is 36.2 Å². The lowest BCUT2D eigenvalue weighted by molar-refractivity contribution is -0.144. The Kier molecular flexibility index (Phi) is 14.0. The molecular weight excluding hydrogens is 462 g/mol. The van der Waals surface area contributed by atoms with Crippen molar-refractivity contribution >= 4 is 11.9 Å². The largest absolute Gasteiger partial charge is 0.481 e. The molecule has 0 aromatic heterocycles. The summed E-state index contributed by atoms with van der Waals surface area (Å²) in [4.78, 5) is 22.1. The molecule has 0 bridgehead atoms. The maximum atomic E-state index is 11.3. The molecule has 36 heavy (non-hydrogen) atoms. The van der Waals surface area contributed by atoms with Crippen molar-refractivity contribution in [3.8, 4) is 6.07 Å². The number of aliphatic carboxylic acids is 2. The van der Waals surface area contributed by atoms with Crippen molar-refractivity contribution in [2.45, 2.75) is 97.4 Å². The summed E-state index contributed by atoms with van der Waals surface area (Å²) >= 11 is 0. The van der Waals surface area contributed by atoms with Crippen LogP contribution in [0.25, 0.3) is 0 Å². The van der Waals surface area contributed by atoms with Crippen LogP contribution in [0.15, 0.2) is 23.8 Å². The summed E-state index contributed by atoms with van der Waals surface area (Å²) in [5.41, 5.74) is 0.239. The third-order valence-corrected chi connectivity index (χ3v) is 7.55. The highest BCUT2D eigenvalue weighted by molar-refractivity contribution is 5.70. The lowest BCUT2D eigenvalue weighted by atomic mass is 9.82. The number of rotatable bonds is 16. The molecule has 204 valence electrons. The fourth-order valence-electron chi connectivity index (χ4n) is 5.64. The van der Waals surface area contributed by atoms with E-state index in [-0.39, 0.29) is 41.6 Å². The quantitative estimate of drug-likeness (QED) is 0.154. The number of hydrogen-bond donors (Lipinski definition) is 5. The van der Waals surface area contributed by atoms with E-state index in [9.17, 15) is 35.3 Å². The number of nitrogens with zero attached hydrogens (tertiary/aromatic N) is 1. The van der Waals surface area contributed by atoms with Gasteiger partial charge in [-0.05, 0) is 74.2 Å². The van der Waals surface area contributed by atoms with Gasteiger partial charge in [0.05, 0.1) is 42.3 Å². The second-order valence-corrected chi connectivity index (χ2v) is 11.0. The van der Waals surface area contributed by atoms with Crippen LogP contribution in [0, 0.1) is 46.8 Å². The normalized spacial score (nSPS) is 24.4. The topological polar surface area (TPSA) is 159 Å². The van der Waals surface area contributed by atoms with Gasteiger partial charge in [0, 0.05) is 0 Å². The number of nitriles is 1. The SMILES string of the molecule is C[C@H](C[C@H](C)C[C@H](C)[C@@H](O)CC(=O)O)C[C@H](C)[C@@H](O)/C(C#N)=C\C=C\C[C@H](O)[C@@H]1CCC[C@H]1C(=O)O. The number of carbonyl (C=O) groups is 2. The predicted octanol–water partition coefficient (Wildman–Crippen LogP) is 4.16. The van der Waals surface area contributed by atoms with Crippen molar-refractivity contribution in [2.24, 2.45) is 35.5 Å². The molecule has 0 aromatic carbocycles. The maximum absolute atomic E-state index is 11.3. The third kappa shape index (κ3) is 10.8. The molecule has 1 fully saturated rings. The molecule has 5 N–H and O–H groups in total. The zero-order valence-corrected chi connectivity index (χ0v) is 22.1. The first-order valence-corrected chi connectivity index (χ1v) is 13.1. The molecule has 0 radical (unpaired) electrons. The van der Waals surface area contributed by atoms with E-state index in [2.05, 4.69) is 19.9 Å². The van der Waals surface area contributed by atoms with Gasteiger partial charge < -0.3 is 25.5 Å². The molecule has 1 rings (SSSR count). The number of carboxylic acid groups (broad SMARTS) is 2. The molecule has 9 atom stereocenters. The maximum Gasteiger partial charge on any atom is 0.306 e. The average Bonchev–Trinajstić information content (AvgIpc) is 3.28. The zero-order valence-electron chi connectivity index (χ0n) is 22.1. The molecule has 1 saturated carbocycles. The third-order valence-electron chi connectivity index (χ3n) is 7.55. The van der Waals surface area contributed by atoms with Gasteiger partial charge in [-0.1, -0.05) is 46.3 Å². The Bertz CT molecular complexity index is 802. The molecule has 0 aliphatic heterocycles. The van der Waals surface area contributed by atoms with Crippen molar-refractivity contribution in [3.05, 3.63) is 23.8 Å². The summed E-state index contributed by atoms with van der Waals surface area (Å²) in [5, 5.41) is 58.8. The molecule has 0 aromatic rings. The van der Waals surface area contributed by atoms with Crippen LogP contribution in [0.2, 0.25) is 0 Å². The van der Waals surface area contributed by atoms with Gasteiger partial charge in [0.1, 0.15) is 0 Å². The van der Waals surface area contributed by atoms with Gasteiger partial charge in [-0.2, -0.15) is 5.26 Å². The van der Waals surface area contributed by atoms with Crippen molar-refractivity contribution in [2.75, 3.05) is 0 Å². The molecule has 8 heteroatoms. The van der Waals surface area contributed by atoms with Crippen LogP contribution in [0.5, 0.6) is 0 Å². The summed E-state index contributed by atoms with van der Waals surface area (Å²) in [7, 11) is 0. The van der Waals surface area contributed by atoms with Crippen LogP contribution in [-0.4, -0.2) is 55.8 Å². The molecule has 0 heterocycles. The number of aliphatic hydroxyl groups excluding tert-OH is 3. The van der Waals surface area contributed by atoms with E-state index in [0.29, 0.717) is 32.1 Å². The standard InChI is InChI=1S/C28H45NO7/c1-17(13-19(3)25(31)15-26(32)33)12-18(2)14-20(4)27(34)21(16-29)8-5-6-11-24(30)22-9-7-10-23(22)28(35)36/h5-6,8,17-20,22-25,27,30-31,34H,7,9-15H2,1-4H3,(H,32,33)(H,35,36)/b6-5+,21-8-/t17-,18+,19-,20-,22+,23+,24-,25-,27+/m0/s1. The smallest absolute Gasteiger partial charge is 0.306 e. The number of carboxylic acids is 2. The molecule has 1 aliphatic rings. The molecule has 0 unspecified atom stereocenters. The highest BCUT2D eigenvalue weighted by atomic mass is 16.4. The molecule has 0 amide bonds. The predicted molar refractivity (Wildman–Crippen MR) is 137 cm³/mol. The Morgan fingerprint density at radius 1 is 0.972 bits per heavy atom. The van der Waals surface area contributed by atoms with Gasteiger partial charge in [-0.3, -0.25) is 9.59 Å². The first-order valence-electron chi connectivity index (χ1n) is 13.1. The highest BCUT2D eigenvalue weighted by Crippen LogP contribution is 2.35. The lowest BCUT2D eigenvalue weighted by Crippen LogP contribution is -2.28. The Labute approximate surface area is 215 Å². The van der Waals surface area contributed by atoms with Crippen LogP contribution >= 0.6 is 0 Å². The van der Waals surface area contributed by atoms with E-state index in [0.717, 1.165) is 12.8 Å². The molecular formula is C28H45NO7. The molecule has 0 saturated heterocycles. The van der Waals surface area contributed by atoms with Crippen LogP contribution in [0.3, 0.4) is 0 Å². The van der Waals surface area contributed by atoms with E-state index >= 15 is 0 Å². The minimum atomic E-state index is -1.01. The van der Waals surface area contributed by atoms with Crippen LogP contribution in [0.1, 0.15) is 79.1 Å². The van der Waals surface area contributed by atoms with Gasteiger partial charge in [-0.25, -0.2) is 0 Å². The number of hydrogen-bond acceptors (Lipinski definition) is 6. The van der Waals surface area contributed by atoms with Gasteiger partial charge in [0.2, 0.25) is 0 Å². The Hall–Kier alpha value is -2.21. The van der Waals surface area contributed by atoms with Gasteiger partial charge >= 0.3 is 11.9 Å². The van der Waals surface area contributed by atoms with Crippen molar-refractivity contribution in [3.63, 3.8) is 0 Å². The summed E-state index contributed by atoms with van der Waals surface area (Å²) in [6, 6.07) is 2.06. The summed E-state index contributed by atoms with van der Waals surface area (Å²) in [5.74, 6) is -2.36. The zero-order chi connectivity index (χ0) is 27.4. The van der Waals surface area contributed by atoms with Gasteiger partial charge in [-0.15, -0.1) is 0 Å². The number of allylic oxidation sites excluding steroid dienone is 2. The Balaban J connectivity index is 2.55. The fraction of sp³-hybridized carbons (Fsp3) is 0.750. The van der Waals surface area contributed by atoms with Gasteiger partial charge in [0.25, 0.3) is 0 Å². The Morgan fingerprint density at radius 2 is 1.58 bits per heavy atom. The first kappa shape index (κ1) is 31.8. The lowest BCUT2D eigenvalue weighted by Gasteiger charge is -2.26. The summed E-state index contributed by atoms with van der Waals surface area (Å²) in [6.07, 6.45) is 6.76. The van der Waals surface area contributed by atoms with Gasteiger partial charge in [0.15, 0.2) is 0 Å². The summed E-state index contributed by atoms with van der Waals surface area (Å²) < 4.78 is 0. The van der Waals surface area contributed by atoms with Crippen molar-refractivity contribution < 1.29 is 35.1 Å². The van der Waals surface area contributed by atoms with E-state index in [1.807, 2.05) is 13.8 Å². The molecule has 0 spiro atoms. The number of aliphatic hydroxyl groups is 3. The van der Waals surface area contributed by atoms with Crippen molar-refractivity contribution in [1.29, 1.82) is 5.26 Å². The van der Waals surface area contributed by atoms with Crippen LogP contribution in [0.4, 0.5) is 0 Å². The first-order chi connectivity index (χ1) is 16.9. The van der Waals surface area contributed by atoms with Crippen LogP contribution in [-0.2, 0) is 9.59 Å².